The minimum Gasteiger partial charge on any atom is -0.394 e. The Morgan fingerprint density at radius 1 is 1.71 bits per heavy atom. The van der Waals surface area contributed by atoms with E-state index in [-0.39, 0.29) is 6.61 Å². The van der Waals surface area contributed by atoms with E-state index in [0.29, 0.717) is 17.0 Å². The lowest BCUT2D eigenvalue weighted by Gasteiger charge is -2.16. The quantitative estimate of drug-likeness (QED) is 0.653. The fourth-order valence-corrected chi connectivity index (χ4v) is 2.10. The third kappa shape index (κ3) is 2.32. The summed E-state index contributed by atoms with van der Waals surface area (Å²) in [6, 6.07) is 0. The summed E-state index contributed by atoms with van der Waals surface area (Å²) in [4.78, 5) is 4.03. The number of nitrogens with zero attached hydrogens (tertiary/aromatic N) is 2. The van der Waals surface area contributed by atoms with Crippen molar-refractivity contribution in [3.63, 3.8) is 0 Å². The summed E-state index contributed by atoms with van der Waals surface area (Å²) in [7, 11) is 0. The van der Waals surface area contributed by atoms with Gasteiger partial charge < -0.3 is 20.7 Å². The van der Waals surface area contributed by atoms with E-state index in [9.17, 15) is 5.11 Å². The van der Waals surface area contributed by atoms with E-state index in [0.717, 1.165) is 5.56 Å². The highest BCUT2D eigenvalue weighted by Crippen LogP contribution is 2.29. The molecular weight excluding hydrogens is 242 g/mol. The van der Waals surface area contributed by atoms with Crippen LogP contribution in [0.2, 0.25) is 0 Å². The van der Waals surface area contributed by atoms with Gasteiger partial charge in [0.1, 0.15) is 18.1 Å². The number of nitrogens with two attached hydrogens (primary N) is 1. The Bertz CT molecular complexity index is 476. The maximum absolute atomic E-state index is 9.66. The Morgan fingerprint density at radius 3 is 3.00 bits per heavy atom. The van der Waals surface area contributed by atoms with Crippen LogP contribution in [0.5, 0.6) is 0 Å². The van der Waals surface area contributed by atoms with E-state index in [1.165, 1.54) is 0 Å². The highest BCUT2D eigenvalue weighted by molar-refractivity contribution is 7.71. The van der Waals surface area contributed by atoms with Crippen LogP contribution >= 0.6 is 12.2 Å². The van der Waals surface area contributed by atoms with Gasteiger partial charge in [-0.15, -0.1) is 0 Å². The average molecular weight is 257 g/mol. The predicted molar refractivity (Wildman–Crippen MR) is 63.8 cm³/mol. The number of ether oxygens (including phenoxy) is 1. The number of aliphatic hydroxyl groups is 2. The van der Waals surface area contributed by atoms with Crippen molar-refractivity contribution < 1.29 is 14.9 Å². The molecule has 0 aromatic carbocycles. The van der Waals surface area contributed by atoms with Gasteiger partial charge in [0.15, 0.2) is 0 Å². The summed E-state index contributed by atoms with van der Waals surface area (Å²) in [5.74, 6) is 0.392. The van der Waals surface area contributed by atoms with E-state index in [4.69, 9.17) is 27.8 Å². The number of aromatic nitrogens is 2. The highest BCUT2D eigenvalue weighted by atomic mass is 32.1. The van der Waals surface area contributed by atoms with E-state index in [1.807, 2.05) is 6.92 Å². The summed E-state index contributed by atoms with van der Waals surface area (Å²) in [5.41, 5.74) is 6.44. The molecule has 0 amide bonds. The van der Waals surface area contributed by atoms with Crippen LogP contribution in [0.1, 0.15) is 18.2 Å². The largest absolute Gasteiger partial charge is 0.394 e. The second kappa shape index (κ2) is 4.69. The first-order valence-electron chi connectivity index (χ1n) is 5.32. The summed E-state index contributed by atoms with van der Waals surface area (Å²) in [6.07, 6.45) is 0.470. The normalized spacial score (nSPS) is 28.5. The van der Waals surface area contributed by atoms with Crippen LogP contribution in [0.3, 0.4) is 0 Å². The Kier molecular flexibility index (Phi) is 3.43. The molecule has 1 aliphatic heterocycles. The van der Waals surface area contributed by atoms with Gasteiger partial charge in [-0.25, -0.2) is 4.98 Å². The van der Waals surface area contributed by atoms with Crippen molar-refractivity contribution in [2.24, 2.45) is 0 Å². The molecule has 0 saturated carbocycles. The van der Waals surface area contributed by atoms with E-state index in [1.54, 1.807) is 10.8 Å². The molecule has 0 unspecified atom stereocenters. The number of anilines is 1. The van der Waals surface area contributed by atoms with Crippen molar-refractivity contribution in [3.05, 3.63) is 16.5 Å². The molecular formula is C10H15N3O3S. The molecule has 1 saturated heterocycles. The first kappa shape index (κ1) is 12.4. The van der Waals surface area contributed by atoms with Crippen molar-refractivity contribution in [2.45, 2.75) is 31.8 Å². The standard InChI is InChI=1S/C10H15N3O3S/c1-5-3-13(10(17)12-9(5)11)8-2-6(15)7(4-14)16-8/h3,6-8,14-15H,2,4H2,1H3,(H2,11,12,17)/t6-,7+,8+/m1/s1. The van der Waals surface area contributed by atoms with Gasteiger partial charge in [0.25, 0.3) is 0 Å². The molecule has 7 heteroatoms. The van der Waals surface area contributed by atoms with Crippen LogP contribution in [0.15, 0.2) is 6.20 Å². The first-order valence-corrected chi connectivity index (χ1v) is 5.73. The van der Waals surface area contributed by atoms with Crippen LogP contribution in [0, 0.1) is 11.7 Å². The van der Waals surface area contributed by atoms with Gasteiger partial charge in [-0.2, -0.15) is 0 Å². The molecule has 0 spiro atoms. The van der Waals surface area contributed by atoms with Gasteiger partial charge in [-0.3, -0.25) is 4.57 Å². The van der Waals surface area contributed by atoms with Gasteiger partial charge in [0, 0.05) is 18.2 Å². The molecule has 1 aromatic rings. The van der Waals surface area contributed by atoms with E-state index < -0.39 is 18.4 Å². The van der Waals surface area contributed by atoms with Crippen molar-refractivity contribution in [1.82, 2.24) is 9.55 Å². The summed E-state index contributed by atoms with van der Waals surface area (Å²) in [6.45, 7) is 1.61. The molecule has 1 aromatic heterocycles. The Morgan fingerprint density at radius 2 is 2.41 bits per heavy atom. The smallest absolute Gasteiger partial charge is 0.203 e. The fourth-order valence-electron chi connectivity index (χ4n) is 1.84. The maximum Gasteiger partial charge on any atom is 0.203 e. The van der Waals surface area contributed by atoms with E-state index >= 15 is 0 Å². The molecule has 4 N–H and O–H groups in total. The molecule has 1 fully saturated rings. The molecule has 2 heterocycles. The monoisotopic (exact) mass is 257 g/mol. The zero-order valence-electron chi connectivity index (χ0n) is 9.41. The van der Waals surface area contributed by atoms with Crippen molar-refractivity contribution >= 4 is 18.0 Å². The third-order valence-corrected chi connectivity index (χ3v) is 3.17. The molecule has 0 aliphatic carbocycles. The Balaban J connectivity index is 2.30. The summed E-state index contributed by atoms with van der Waals surface area (Å²) in [5, 5.41) is 18.7. The number of nitrogen functional groups attached to an aromatic ring is 1. The van der Waals surface area contributed by atoms with Gasteiger partial charge in [0.2, 0.25) is 4.77 Å². The van der Waals surface area contributed by atoms with Gasteiger partial charge in [0.05, 0.1) is 12.7 Å². The van der Waals surface area contributed by atoms with Crippen LogP contribution in [-0.4, -0.2) is 38.6 Å². The topological polar surface area (TPSA) is 93.5 Å². The summed E-state index contributed by atoms with van der Waals surface area (Å²) >= 11 is 5.10. The molecule has 2 rings (SSSR count). The lowest BCUT2D eigenvalue weighted by atomic mass is 10.2. The number of aliphatic hydroxyl groups excluding tert-OH is 2. The average Bonchev–Trinajstić information content (AvgIpc) is 2.65. The predicted octanol–water partition coefficient (Wildman–Crippen LogP) is 0.144. The molecule has 94 valence electrons. The molecule has 17 heavy (non-hydrogen) atoms. The van der Waals surface area contributed by atoms with Crippen molar-refractivity contribution in [3.8, 4) is 0 Å². The lowest BCUT2D eigenvalue weighted by Crippen LogP contribution is -2.24. The Labute approximate surface area is 104 Å². The molecule has 0 bridgehead atoms. The lowest BCUT2D eigenvalue weighted by molar-refractivity contribution is -0.0452. The number of aryl methyl sites for hydroxylation is 1. The molecule has 1 aliphatic rings. The maximum atomic E-state index is 9.66. The molecule has 0 radical (unpaired) electrons. The number of hydrogen-bond donors (Lipinski definition) is 3. The van der Waals surface area contributed by atoms with E-state index in [2.05, 4.69) is 4.98 Å². The van der Waals surface area contributed by atoms with Crippen LogP contribution in [0.4, 0.5) is 5.82 Å². The van der Waals surface area contributed by atoms with Crippen molar-refractivity contribution in [1.29, 1.82) is 0 Å². The third-order valence-electron chi connectivity index (χ3n) is 2.87. The fraction of sp³-hybridized carbons (Fsp3) is 0.600. The number of hydrogen-bond acceptors (Lipinski definition) is 6. The molecule has 3 atom stereocenters. The zero-order chi connectivity index (χ0) is 12.6. The molecule has 6 nitrogen and oxygen atoms in total. The number of rotatable bonds is 2. The van der Waals surface area contributed by atoms with Crippen LogP contribution < -0.4 is 5.73 Å². The second-order valence-electron chi connectivity index (χ2n) is 4.11. The minimum atomic E-state index is -0.690. The zero-order valence-corrected chi connectivity index (χ0v) is 10.2. The van der Waals surface area contributed by atoms with Gasteiger partial charge in [-0.1, -0.05) is 0 Å². The van der Waals surface area contributed by atoms with Crippen LogP contribution in [0.25, 0.3) is 0 Å². The SMILES string of the molecule is Cc1cn([C@@H]2C[C@@H](O)[C@H](CO)O2)c(=S)nc1N. The first-order chi connectivity index (χ1) is 8.02. The van der Waals surface area contributed by atoms with Crippen molar-refractivity contribution in [2.75, 3.05) is 12.3 Å². The summed E-state index contributed by atoms with van der Waals surface area (Å²) < 4.78 is 7.46. The minimum absolute atomic E-state index is 0.216. The van der Waals surface area contributed by atoms with Gasteiger partial charge in [-0.05, 0) is 19.1 Å². The van der Waals surface area contributed by atoms with Gasteiger partial charge >= 0.3 is 0 Å². The highest BCUT2D eigenvalue weighted by Gasteiger charge is 2.34. The second-order valence-corrected chi connectivity index (χ2v) is 4.48. The van der Waals surface area contributed by atoms with Crippen LogP contribution in [-0.2, 0) is 4.74 Å². The Hall–Kier alpha value is -1.02.